The molecule has 2 fully saturated rings. The first-order valence-corrected chi connectivity index (χ1v) is 9.40. The van der Waals surface area contributed by atoms with Crippen molar-refractivity contribution >= 4 is 17.7 Å². The minimum Gasteiger partial charge on any atom is -0.322 e. The van der Waals surface area contributed by atoms with Gasteiger partial charge in [-0.2, -0.15) is 0 Å². The van der Waals surface area contributed by atoms with E-state index in [1.165, 1.54) is 4.90 Å². The number of fused-ring (bicyclic) bond motifs is 1. The summed E-state index contributed by atoms with van der Waals surface area (Å²) in [5.74, 6) is -3.81. The van der Waals surface area contributed by atoms with Crippen LogP contribution in [0.15, 0.2) is 18.2 Å². The molecule has 0 aliphatic carbocycles. The van der Waals surface area contributed by atoms with Gasteiger partial charge in [0.05, 0.1) is 13.1 Å². The largest absolute Gasteiger partial charge is 0.322 e. The molecule has 1 aromatic rings. The summed E-state index contributed by atoms with van der Waals surface area (Å²) in [6.45, 7) is 0.981. The molecule has 0 bridgehead atoms. The lowest BCUT2D eigenvalue weighted by atomic mass is 10.0. The second-order valence-corrected chi connectivity index (χ2v) is 7.63. The number of nitrogens with zero attached hydrogens (tertiary/aromatic N) is 2. The number of benzene rings is 1. The molecule has 0 spiro atoms. The Morgan fingerprint density at radius 1 is 1.21 bits per heavy atom. The maximum atomic E-state index is 13.8. The first-order chi connectivity index (χ1) is 13.3. The molecule has 4 rings (SSSR count). The van der Waals surface area contributed by atoms with E-state index in [9.17, 15) is 23.2 Å². The number of halogens is 2. The van der Waals surface area contributed by atoms with Crippen LogP contribution < -0.4 is 10.6 Å². The molecule has 0 radical (unpaired) electrons. The van der Waals surface area contributed by atoms with E-state index in [1.54, 1.807) is 11.0 Å². The molecule has 1 aromatic carbocycles. The average Bonchev–Trinajstić information content (AvgIpc) is 2.83. The van der Waals surface area contributed by atoms with Crippen LogP contribution in [0.3, 0.4) is 0 Å². The Balaban J connectivity index is 1.48. The standard InChI is InChI=1S/C19H22F2N4O3/c20-19(21)10-22-5-6-24(11-19)8-12-1-2-13-9-25(18(28)14(13)7-12)15-3-4-16(26)23-17(15)27/h1-2,7,15,22H,3-6,8-11H2,(H,23,26,27). The van der Waals surface area contributed by atoms with E-state index in [2.05, 4.69) is 10.6 Å². The Kier molecular flexibility index (Phi) is 4.88. The number of alkyl halides is 2. The Labute approximate surface area is 161 Å². The summed E-state index contributed by atoms with van der Waals surface area (Å²) in [5, 5.41) is 5.01. The minimum absolute atomic E-state index is 0.207. The number of piperidine rings is 1. The van der Waals surface area contributed by atoms with Crippen LogP contribution in [0.25, 0.3) is 0 Å². The zero-order chi connectivity index (χ0) is 19.9. The topological polar surface area (TPSA) is 81.8 Å². The lowest BCUT2D eigenvalue weighted by Gasteiger charge is -2.29. The molecule has 3 amide bonds. The molecule has 7 nitrogen and oxygen atoms in total. The molecular weight excluding hydrogens is 370 g/mol. The highest BCUT2D eigenvalue weighted by Crippen LogP contribution is 2.29. The highest BCUT2D eigenvalue weighted by Gasteiger charge is 2.39. The molecule has 0 saturated carbocycles. The predicted octanol–water partition coefficient (Wildman–Crippen LogP) is 0.488. The molecule has 1 unspecified atom stereocenters. The fraction of sp³-hybridized carbons (Fsp3) is 0.526. The molecule has 2 N–H and O–H groups in total. The van der Waals surface area contributed by atoms with E-state index in [0.29, 0.717) is 38.2 Å². The van der Waals surface area contributed by atoms with E-state index in [1.807, 2.05) is 12.1 Å². The van der Waals surface area contributed by atoms with Gasteiger partial charge in [-0.05, 0) is 23.6 Å². The molecule has 2 saturated heterocycles. The van der Waals surface area contributed by atoms with Crippen molar-refractivity contribution in [1.29, 1.82) is 0 Å². The SMILES string of the molecule is O=C1CCC(N2Cc3ccc(CN4CCNCC(F)(F)C4)cc3C2=O)C(=O)N1. The van der Waals surface area contributed by atoms with E-state index in [4.69, 9.17) is 0 Å². The van der Waals surface area contributed by atoms with Crippen LogP contribution in [0.5, 0.6) is 0 Å². The summed E-state index contributed by atoms with van der Waals surface area (Å²) in [6, 6.07) is 4.75. The van der Waals surface area contributed by atoms with Crippen molar-refractivity contribution in [3.8, 4) is 0 Å². The molecule has 9 heteroatoms. The normalized spacial score (nSPS) is 25.4. The number of carbonyl (C=O) groups is 3. The third-order valence-electron chi connectivity index (χ3n) is 5.44. The number of imide groups is 1. The maximum absolute atomic E-state index is 13.8. The van der Waals surface area contributed by atoms with Gasteiger partial charge in [0.15, 0.2) is 0 Å². The van der Waals surface area contributed by atoms with Gasteiger partial charge in [0.2, 0.25) is 11.8 Å². The lowest BCUT2D eigenvalue weighted by Crippen LogP contribution is -2.52. The van der Waals surface area contributed by atoms with Crippen LogP contribution in [0.2, 0.25) is 0 Å². The third kappa shape index (κ3) is 3.77. The van der Waals surface area contributed by atoms with E-state index in [-0.39, 0.29) is 31.3 Å². The van der Waals surface area contributed by atoms with Gasteiger partial charge in [-0.3, -0.25) is 24.6 Å². The van der Waals surface area contributed by atoms with Crippen LogP contribution in [0, 0.1) is 0 Å². The monoisotopic (exact) mass is 392 g/mol. The predicted molar refractivity (Wildman–Crippen MR) is 95.6 cm³/mol. The summed E-state index contributed by atoms with van der Waals surface area (Å²) >= 11 is 0. The first kappa shape index (κ1) is 18.9. The Hall–Kier alpha value is -2.39. The molecular formula is C19H22F2N4O3. The van der Waals surface area contributed by atoms with Crippen molar-refractivity contribution in [2.75, 3.05) is 26.2 Å². The fourth-order valence-electron chi connectivity index (χ4n) is 4.06. The zero-order valence-corrected chi connectivity index (χ0v) is 15.3. The van der Waals surface area contributed by atoms with Crippen molar-refractivity contribution in [1.82, 2.24) is 20.4 Å². The Bertz CT molecular complexity index is 829. The molecule has 1 atom stereocenters. The molecule has 3 heterocycles. The van der Waals surface area contributed by atoms with Crippen LogP contribution in [-0.2, 0) is 22.7 Å². The van der Waals surface area contributed by atoms with Gasteiger partial charge in [0.1, 0.15) is 6.04 Å². The van der Waals surface area contributed by atoms with Crippen LogP contribution in [0.1, 0.15) is 34.3 Å². The Morgan fingerprint density at radius 2 is 2.04 bits per heavy atom. The summed E-state index contributed by atoms with van der Waals surface area (Å²) in [4.78, 5) is 39.5. The highest BCUT2D eigenvalue weighted by atomic mass is 19.3. The van der Waals surface area contributed by atoms with Crippen LogP contribution >= 0.6 is 0 Å². The second-order valence-electron chi connectivity index (χ2n) is 7.63. The van der Waals surface area contributed by atoms with Gasteiger partial charge in [0, 0.05) is 38.2 Å². The quantitative estimate of drug-likeness (QED) is 0.732. The fourth-order valence-corrected chi connectivity index (χ4v) is 4.06. The molecule has 3 aliphatic rings. The van der Waals surface area contributed by atoms with Crippen LogP contribution in [0.4, 0.5) is 8.78 Å². The van der Waals surface area contributed by atoms with E-state index < -0.39 is 17.9 Å². The zero-order valence-electron chi connectivity index (χ0n) is 15.3. The second kappa shape index (κ2) is 7.21. The van der Waals surface area contributed by atoms with Gasteiger partial charge in [0.25, 0.3) is 11.8 Å². The summed E-state index contributed by atoms with van der Waals surface area (Å²) in [5.41, 5.74) is 2.10. The first-order valence-electron chi connectivity index (χ1n) is 9.40. The summed E-state index contributed by atoms with van der Waals surface area (Å²) in [7, 11) is 0. The maximum Gasteiger partial charge on any atom is 0.272 e. The van der Waals surface area contributed by atoms with Crippen molar-refractivity contribution in [2.24, 2.45) is 0 Å². The van der Waals surface area contributed by atoms with Crippen molar-refractivity contribution in [2.45, 2.75) is 37.9 Å². The van der Waals surface area contributed by atoms with Gasteiger partial charge in [-0.25, -0.2) is 8.78 Å². The number of rotatable bonds is 3. The van der Waals surface area contributed by atoms with Gasteiger partial charge in [-0.15, -0.1) is 0 Å². The number of carbonyl (C=O) groups excluding carboxylic acids is 3. The van der Waals surface area contributed by atoms with Crippen molar-refractivity contribution in [3.63, 3.8) is 0 Å². The summed E-state index contributed by atoms with van der Waals surface area (Å²) < 4.78 is 27.6. The third-order valence-corrected chi connectivity index (χ3v) is 5.44. The molecule has 150 valence electrons. The molecule has 3 aliphatic heterocycles. The van der Waals surface area contributed by atoms with Crippen LogP contribution in [-0.4, -0.2) is 65.7 Å². The smallest absolute Gasteiger partial charge is 0.272 e. The molecule has 0 aromatic heterocycles. The number of nitrogens with one attached hydrogen (secondary N) is 2. The molecule has 28 heavy (non-hydrogen) atoms. The number of hydrogen-bond acceptors (Lipinski definition) is 5. The minimum atomic E-state index is -2.79. The number of amides is 3. The average molecular weight is 392 g/mol. The lowest BCUT2D eigenvalue weighted by molar-refractivity contribution is -0.136. The van der Waals surface area contributed by atoms with Gasteiger partial charge in [-0.1, -0.05) is 12.1 Å². The highest BCUT2D eigenvalue weighted by molar-refractivity contribution is 6.05. The van der Waals surface area contributed by atoms with Crippen molar-refractivity contribution < 1.29 is 23.2 Å². The van der Waals surface area contributed by atoms with Gasteiger partial charge >= 0.3 is 0 Å². The Morgan fingerprint density at radius 3 is 2.82 bits per heavy atom. The van der Waals surface area contributed by atoms with E-state index >= 15 is 0 Å². The summed E-state index contributed by atoms with van der Waals surface area (Å²) in [6.07, 6.45) is 0.520. The van der Waals surface area contributed by atoms with E-state index in [0.717, 1.165) is 11.1 Å². The van der Waals surface area contributed by atoms with Gasteiger partial charge < -0.3 is 10.2 Å². The van der Waals surface area contributed by atoms with Crippen molar-refractivity contribution in [3.05, 3.63) is 34.9 Å². The number of hydrogen-bond donors (Lipinski definition) is 2.